The molecule has 0 bridgehead atoms. The van der Waals surface area contributed by atoms with Crippen molar-refractivity contribution in [2.45, 2.75) is 20.3 Å². The summed E-state index contributed by atoms with van der Waals surface area (Å²) in [5, 5.41) is 13.5. The summed E-state index contributed by atoms with van der Waals surface area (Å²) in [5.74, 6) is 0.0164. The van der Waals surface area contributed by atoms with Crippen molar-refractivity contribution in [2.75, 3.05) is 0 Å². The number of esters is 1. The van der Waals surface area contributed by atoms with Crippen LogP contribution in [0.25, 0.3) is 5.69 Å². The first-order valence-electron chi connectivity index (χ1n) is 7.90. The van der Waals surface area contributed by atoms with Gasteiger partial charge in [-0.05, 0) is 36.8 Å². The zero-order valence-corrected chi connectivity index (χ0v) is 14.1. The first-order chi connectivity index (χ1) is 12.1. The molecular weight excluding hydrogens is 314 g/mol. The zero-order chi connectivity index (χ0) is 17.8. The maximum Gasteiger partial charge on any atom is 0.309 e. The van der Waals surface area contributed by atoms with E-state index in [2.05, 4.69) is 11.2 Å². The molecular formula is C20H17N3O2. The second kappa shape index (κ2) is 7.02. The fraction of sp³-hybridized carbons (Fsp3) is 0.150. The van der Waals surface area contributed by atoms with Crippen LogP contribution in [0.1, 0.15) is 29.3 Å². The van der Waals surface area contributed by atoms with Gasteiger partial charge in [0.05, 0.1) is 23.0 Å². The van der Waals surface area contributed by atoms with Crippen molar-refractivity contribution in [3.63, 3.8) is 0 Å². The van der Waals surface area contributed by atoms with E-state index in [-0.39, 0.29) is 0 Å². The van der Waals surface area contributed by atoms with Crippen molar-refractivity contribution in [1.82, 2.24) is 9.78 Å². The average Bonchev–Trinajstić information content (AvgIpc) is 2.91. The molecule has 2 aromatic carbocycles. The number of carbonyl (C=O) groups excluding carboxylic acids is 1. The van der Waals surface area contributed by atoms with Gasteiger partial charge >= 0.3 is 5.97 Å². The summed E-state index contributed by atoms with van der Waals surface area (Å²) in [6.45, 7) is 3.27. The smallest absolute Gasteiger partial charge is 0.309 e. The number of hydrogen-bond donors (Lipinski definition) is 0. The molecule has 5 heteroatoms. The zero-order valence-electron chi connectivity index (χ0n) is 14.1. The summed E-state index contributed by atoms with van der Waals surface area (Å²) in [4.78, 5) is 11.6. The van der Waals surface area contributed by atoms with Crippen LogP contribution in [0, 0.1) is 18.3 Å². The van der Waals surface area contributed by atoms with Gasteiger partial charge in [0.1, 0.15) is 0 Å². The standard InChI is InChI=1S/C20H17N3O2/c1-14-19(12-16-6-4-3-5-7-16)20(25-15(2)24)23(22-14)18-10-8-17(13-21)9-11-18/h3-11H,12H2,1-2H3. The van der Waals surface area contributed by atoms with Crippen LogP contribution in [0.3, 0.4) is 0 Å². The van der Waals surface area contributed by atoms with E-state index in [0.29, 0.717) is 17.9 Å². The lowest BCUT2D eigenvalue weighted by molar-refractivity contribution is -0.132. The SMILES string of the molecule is CC(=O)Oc1c(Cc2ccccc2)c(C)nn1-c1ccc(C#N)cc1. The van der Waals surface area contributed by atoms with Crippen LogP contribution in [0.2, 0.25) is 0 Å². The van der Waals surface area contributed by atoms with E-state index in [1.54, 1.807) is 28.9 Å². The minimum Gasteiger partial charge on any atom is -0.407 e. The first-order valence-corrected chi connectivity index (χ1v) is 7.90. The molecule has 0 N–H and O–H groups in total. The van der Waals surface area contributed by atoms with Gasteiger partial charge in [0.2, 0.25) is 5.88 Å². The third-order valence-electron chi connectivity index (χ3n) is 3.84. The monoisotopic (exact) mass is 331 g/mol. The predicted molar refractivity (Wildman–Crippen MR) is 93.6 cm³/mol. The van der Waals surface area contributed by atoms with E-state index in [1.165, 1.54) is 6.92 Å². The average molecular weight is 331 g/mol. The fourth-order valence-corrected chi connectivity index (χ4v) is 2.64. The number of carbonyl (C=O) groups is 1. The fourth-order valence-electron chi connectivity index (χ4n) is 2.64. The Kier molecular flexibility index (Phi) is 4.62. The molecule has 0 fully saturated rings. The summed E-state index contributed by atoms with van der Waals surface area (Å²) >= 11 is 0. The predicted octanol–water partition coefficient (Wildman–Crippen LogP) is 3.57. The number of ether oxygens (including phenoxy) is 1. The number of rotatable bonds is 4. The highest BCUT2D eigenvalue weighted by molar-refractivity contribution is 5.69. The van der Waals surface area contributed by atoms with Crippen molar-refractivity contribution >= 4 is 5.97 Å². The lowest BCUT2D eigenvalue weighted by Gasteiger charge is -2.09. The largest absolute Gasteiger partial charge is 0.407 e. The summed E-state index contributed by atoms with van der Waals surface area (Å²) < 4.78 is 7.08. The molecule has 0 aliphatic carbocycles. The van der Waals surface area contributed by atoms with Crippen LogP contribution < -0.4 is 4.74 Å². The highest BCUT2D eigenvalue weighted by atomic mass is 16.5. The van der Waals surface area contributed by atoms with Gasteiger partial charge in [0, 0.05) is 18.9 Å². The molecule has 25 heavy (non-hydrogen) atoms. The van der Waals surface area contributed by atoms with Gasteiger partial charge in [0.25, 0.3) is 0 Å². The van der Waals surface area contributed by atoms with E-state index >= 15 is 0 Å². The molecule has 3 rings (SSSR count). The summed E-state index contributed by atoms with van der Waals surface area (Å²) in [6, 6.07) is 19.0. The van der Waals surface area contributed by atoms with Crippen LogP contribution >= 0.6 is 0 Å². The Morgan fingerprint density at radius 2 is 1.84 bits per heavy atom. The minimum atomic E-state index is -0.399. The van der Waals surface area contributed by atoms with Gasteiger partial charge in [-0.25, -0.2) is 4.68 Å². The molecule has 124 valence electrons. The maximum absolute atomic E-state index is 11.6. The van der Waals surface area contributed by atoms with Crippen LogP contribution in [-0.2, 0) is 11.2 Å². The Hall–Kier alpha value is -3.39. The van der Waals surface area contributed by atoms with Gasteiger partial charge in [-0.2, -0.15) is 10.4 Å². The lowest BCUT2D eigenvalue weighted by Crippen LogP contribution is -2.09. The van der Waals surface area contributed by atoms with Crippen LogP contribution in [-0.4, -0.2) is 15.7 Å². The third-order valence-corrected chi connectivity index (χ3v) is 3.84. The van der Waals surface area contributed by atoms with Gasteiger partial charge in [0.15, 0.2) is 0 Å². The molecule has 0 radical (unpaired) electrons. The third kappa shape index (κ3) is 3.59. The number of benzene rings is 2. The van der Waals surface area contributed by atoms with Crippen molar-refractivity contribution < 1.29 is 9.53 Å². The van der Waals surface area contributed by atoms with E-state index in [0.717, 1.165) is 22.5 Å². The molecule has 0 saturated carbocycles. The molecule has 0 amide bonds. The quantitative estimate of drug-likeness (QED) is 0.685. The molecule has 0 atom stereocenters. The highest BCUT2D eigenvalue weighted by Gasteiger charge is 2.20. The number of aryl methyl sites for hydroxylation is 1. The highest BCUT2D eigenvalue weighted by Crippen LogP contribution is 2.28. The van der Waals surface area contributed by atoms with Crippen molar-refractivity contribution in [3.8, 4) is 17.6 Å². The first kappa shape index (κ1) is 16.5. The van der Waals surface area contributed by atoms with Crippen LogP contribution in [0.4, 0.5) is 0 Å². The van der Waals surface area contributed by atoms with Gasteiger partial charge in [-0.1, -0.05) is 30.3 Å². The minimum absolute atomic E-state index is 0.399. The molecule has 1 heterocycles. The molecule has 0 aliphatic rings. The topological polar surface area (TPSA) is 67.9 Å². The summed E-state index contributed by atoms with van der Waals surface area (Å²) in [7, 11) is 0. The van der Waals surface area contributed by atoms with Crippen LogP contribution in [0.5, 0.6) is 5.88 Å². The van der Waals surface area contributed by atoms with Gasteiger partial charge in [-0.15, -0.1) is 0 Å². The Balaban J connectivity index is 2.07. The molecule has 0 saturated heterocycles. The van der Waals surface area contributed by atoms with Crippen molar-refractivity contribution in [2.24, 2.45) is 0 Å². The van der Waals surface area contributed by atoms with E-state index in [1.807, 2.05) is 37.3 Å². The second-order valence-corrected chi connectivity index (χ2v) is 5.70. The van der Waals surface area contributed by atoms with E-state index < -0.39 is 5.97 Å². The molecule has 0 spiro atoms. The molecule has 0 unspecified atom stereocenters. The van der Waals surface area contributed by atoms with Gasteiger partial charge < -0.3 is 4.74 Å². The number of nitriles is 1. The Morgan fingerprint density at radius 3 is 2.44 bits per heavy atom. The molecule has 0 aliphatic heterocycles. The van der Waals surface area contributed by atoms with Crippen molar-refractivity contribution in [1.29, 1.82) is 5.26 Å². The Morgan fingerprint density at radius 1 is 1.16 bits per heavy atom. The van der Waals surface area contributed by atoms with Gasteiger partial charge in [-0.3, -0.25) is 4.79 Å². The maximum atomic E-state index is 11.6. The summed E-state index contributed by atoms with van der Waals surface area (Å²) in [6.07, 6.45) is 0.617. The van der Waals surface area contributed by atoms with E-state index in [9.17, 15) is 4.79 Å². The Labute approximate surface area is 146 Å². The van der Waals surface area contributed by atoms with Crippen molar-refractivity contribution in [3.05, 3.63) is 77.0 Å². The molecule has 3 aromatic rings. The Bertz CT molecular complexity index is 936. The number of hydrogen-bond acceptors (Lipinski definition) is 4. The summed E-state index contributed by atoms with van der Waals surface area (Å²) in [5.41, 5.74) is 4.07. The molecule has 1 aromatic heterocycles. The number of nitrogens with zero attached hydrogens (tertiary/aromatic N) is 3. The van der Waals surface area contributed by atoms with E-state index in [4.69, 9.17) is 10.00 Å². The molecule has 5 nitrogen and oxygen atoms in total. The normalized spacial score (nSPS) is 10.3. The second-order valence-electron chi connectivity index (χ2n) is 5.70. The number of aromatic nitrogens is 2. The lowest BCUT2D eigenvalue weighted by atomic mass is 10.1. The van der Waals surface area contributed by atoms with Crippen LogP contribution in [0.15, 0.2) is 54.6 Å².